The minimum atomic E-state index is -1.17. The van der Waals surface area contributed by atoms with E-state index in [0.717, 1.165) is 11.1 Å². The highest BCUT2D eigenvalue weighted by atomic mass is 16.4. The van der Waals surface area contributed by atoms with Crippen molar-refractivity contribution in [2.24, 2.45) is 17.6 Å². The summed E-state index contributed by atoms with van der Waals surface area (Å²) in [7, 11) is 0. The Morgan fingerprint density at radius 2 is 1.21 bits per heavy atom. The van der Waals surface area contributed by atoms with Gasteiger partial charge in [0, 0.05) is 6.42 Å². The van der Waals surface area contributed by atoms with Gasteiger partial charge in [-0.3, -0.25) is 14.4 Å². The number of nitrogens with two attached hydrogens (primary N) is 1. The van der Waals surface area contributed by atoms with Crippen molar-refractivity contribution in [3.05, 3.63) is 71.8 Å². The summed E-state index contributed by atoms with van der Waals surface area (Å²) in [6.45, 7) is 7.36. The molecule has 0 aromatic heterocycles. The van der Waals surface area contributed by atoms with E-state index in [2.05, 4.69) is 16.0 Å². The minimum absolute atomic E-state index is 0.0369. The highest BCUT2D eigenvalue weighted by Crippen LogP contribution is 2.10. The molecule has 0 aliphatic carbocycles. The Hall–Kier alpha value is -3.72. The van der Waals surface area contributed by atoms with Gasteiger partial charge in [-0.1, -0.05) is 88.4 Å². The van der Waals surface area contributed by atoms with Crippen LogP contribution in [0.4, 0.5) is 0 Å². The summed E-state index contributed by atoms with van der Waals surface area (Å²) in [5.41, 5.74) is 7.76. The molecule has 4 atom stereocenters. The number of hydrogen-bond donors (Lipinski definition) is 5. The van der Waals surface area contributed by atoms with Crippen molar-refractivity contribution in [1.82, 2.24) is 16.0 Å². The Labute approximate surface area is 224 Å². The van der Waals surface area contributed by atoms with Gasteiger partial charge in [-0.05, 0) is 35.8 Å². The van der Waals surface area contributed by atoms with E-state index in [1.807, 2.05) is 50.2 Å². The molecule has 2 aromatic rings. The molecule has 2 aromatic carbocycles. The molecule has 0 aliphatic rings. The predicted octanol–water partition coefficient (Wildman–Crippen LogP) is 2.04. The van der Waals surface area contributed by atoms with E-state index in [4.69, 9.17) is 5.73 Å². The second kappa shape index (κ2) is 14.9. The minimum Gasteiger partial charge on any atom is -0.480 e. The maximum Gasteiger partial charge on any atom is 0.326 e. The van der Waals surface area contributed by atoms with Crippen LogP contribution in [0.5, 0.6) is 0 Å². The molecular weight excluding hydrogens is 484 g/mol. The fourth-order valence-corrected chi connectivity index (χ4v) is 4.04. The summed E-state index contributed by atoms with van der Waals surface area (Å²) in [6, 6.07) is 14.4. The van der Waals surface area contributed by atoms with Gasteiger partial charge in [-0.25, -0.2) is 4.79 Å². The summed E-state index contributed by atoms with van der Waals surface area (Å²) >= 11 is 0. The number of rotatable bonds is 14. The van der Waals surface area contributed by atoms with E-state index in [1.54, 1.807) is 38.1 Å². The molecule has 206 valence electrons. The van der Waals surface area contributed by atoms with Crippen LogP contribution in [0.1, 0.15) is 45.2 Å². The van der Waals surface area contributed by atoms with Crippen LogP contribution in [0.2, 0.25) is 0 Å². The normalized spacial score (nSPS) is 14.3. The molecule has 0 heterocycles. The van der Waals surface area contributed by atoms with Crippen LogP contribution in [-0.4, -0.2) is 53.0 Å². The lowest BCUT2D eigenvalue weighted by Gasteiger charge is -2.27. The van der Waals surface area contributed by atoms with Gasteiger partial charge in [-0.15, -0.1) is 0 Å². The van der Waals surface area contributed by atoms with E-state index in [9.17, 15) is 24.3 Å². The smallest absolute Gasteiger partial charge is 0.326 e. The summed E-state index contributed by atoms with van der Waals surface area (Å²) in [5.74, 6) is -3.01. The average Bonchev–Trinajstić information content (AvgIpc) is 2.86. The molecule has 38 heavy (non-hydrogen) atoms. The quantitative estimate of drug-likeness (QED) is 0.255. The Morgan fingerprint density at radius 1 is 0.711 bits per heavy atom. The lowest BCUT2D eigenvalue weighted by Crippen LogP contribution is -2.58. The van der Waals surface area contributed by atoms with Gasteiger partial charge >= 0.3 is 5.97 Å². The number of aliphatic carboxylic acids is 1. The van der Waals surface area contributed by atoms with Crippen LogP contribution in [0.25, 0.3) is 0 Å². The second-order valence-corrected chi connectivity index (χ2v) is 10.3. The van der Waals surface area contributed by atoms with Crippen molar-refractivity contribution in [3.63, 3.8) is 0 Å². The second-order valence-electron chi connectivity index (χ2n) is 10.3. The lowest BCUT2D eigenvalue weighted by atomic mass is 9.98. The van der Waals surface area contributed by atoms with Gasteiger partial charge in [0.2, 0.25) is 17.7 Å². The molecule has 0 bridgehead atoms. The Morgan fingerprint density at radius 3 is 1.68 bits per heavy atom. The first kappa shape index (κ1) is 30.5. The molecule has 6 N–H and O–H groups in total. The Kier molecular flexibility index (Phi) is 11.9. The van der Waals surface area contributed by atoms with Crippen LogP contribution in [0.3, 0.4) is 0 Å². The molecule has 0 saturated heterocycles. The number of carbonyl (C=O) groups excluding carboxylic acids is 3. The zero-order valence-corrected chi connectivity index (χ0v) is 22.5. The standard InChI is InChI=1S/C29H40N4O5/c1-18(2)15-23(27(35)32-24(29(37)38)17-21-13-9-6-10-14-21)31-28(36)25(19(3)4)33-26(34)22(30)16-20-11-7-5-8-12-20/h5-14,18-19,22-25H,15-17,30H2,1-4H3,(H,31,36)(H,32,35)(H,33,34)(H,37,38). The molecular formula is C29H40N4O5. The number of carboxylic acid groups (broad SMARTS) is 1. The van der Waals surface area contributed by atoms with E-state index in [1.165, 1.54) is 0 Å². The first-order valence-corrected chi connectivity index (χ1v) is 12.9. The van der Waals surface area contributed by atoms with Crippen LogP contribution < -0.4 is 21.7 Å². The predicted molar refractivity (Wildman–Crippen MR) is 146 cm³/mol. The van der Waals surface area contributed by atoms with Crippen LogP contribution in [0.15, 0.2) is 60.7 Å². The van der Waals surface area contributed by atoms with Crippen molar-refractivity contribution in [2.45, 2.75) is 71.1 Å². The third kappa shape index (κ3) is 9.97. The van der Waals surface area contributed by atoms with E-state index < -0.39 is 47.9 Å². The lowest BCUT2D eigenvalue weighted by molar-refractivity contribution is -0.142. The summed E-state index contributed by atoms with van der Waals surface area (Å²) < 4.78 is 0. The van der Waals surface area contributed by atoms with Crippen molar-refractivity contribution in [2.75, 3.05) is 0 Å². The van der Waals surface area contributed by atoms with Crippen molar-refractivity contribution < 1.29 is 24.3 Å². The topological polar surface area (TPSA) is 151 Å². The molecule has 0 radical (unpaired) electrons. The highest BCUT2D eigenvalue weighted by Gasteiger charge is 2.32. The fourth-order valence-electron chi connectivity index (χ4n) is 4.04. The molecule has 0 saturated carbocycles. The molecule has 4 unspecified atom stereocenters. The summed E-state index contributed by atoms with van der Waals surface area (Å²) in [5, 5.41) is 17.7. The summed E-state index contributed by atoms with van der Waals surface area (Å²) in [6.07, 6.45) is 0.714. The first-order chi connectivity index (χ1) is 18.0. The van der Waals surface area contributed by atoms with Gasteiger partial charge < -0.3 is 26.8 Å². The molecule has 3 amide bonds. The molecule has 2 rings (SSSR count). The Balaban J connectivity index is 2.09. The highest BCUT2D eigenvalue weighted by molar-refractivity contribution is 5.94. The van der Waals surface area contributed by atoms with E-state index in [0.29, 0.717) is 12.8 Å². The zero-order valence-electron chi connectivity index (χ0n) is 22.5. The average molecular weight is 525 g/mol. The monoisotopic (exact) mass is 524 g/mol. The van der Waals surface area contributed by atoms with E-state index >= 15 is 0 Å². The van der Waals surface area contributed by atoms with Gasteiger partial charge in [-0.2, -0.15) is 0 Å². The molecule has 9 nitrogen and oxygen atoms in total. The van der Waals surface area contributed by atoms with Gasteiger partial charge in [0.15, 0.2) is 0 Å². The van der Waals surface area contributed by atoms with Crippen LogP contribution >= 0.6 is 0 Å². The summed E-state index contributed by atoms with van der Waals surface area (Å²) in [4.78, 5) is 51.1. The Bertz CT molecular complexity index is 1060. The third-order valence-electron chi connectivity index (χ3n) is 6.12. The van der Waals surface area contributed by atoms with Gasteiger partial charge in [0.25, 0.3) is 0 Å². The van der Waals surface area contributed by atoms with Gasteiger partial charge in [0.1, 0.15) is 18.1 Å². The first-order valence-electron chi connectivity index (χ1n) is 12.9. The van der Waals surface area contributed by atoms with Gasteiger partial charge in [0.05, 0.1) is 6.04 Å². The van der Waals surface area contributed by atoms with Crippen LogP contribution in [-0.2, 0) is 32.0 Å². The maximum absolute atomic E-state index is 13.2. The number of hydrogen-bond acceptors (Lipinski definition) is 5. The fraction of sp³-hybridized carbons (Fsp3) is 0.448. The number of nitrogens with one attached hydrogen (secondary N) is 3. The van der Waals surface area contributed by atoms with Crippen molar-refractivity contribution >= 4 is 23.7 Å². The number of carboxylic acids is 1. The molecule has 9 heteroatoms. The molecule has 0 fully saturated rings. The van der Waals surface area contributed by atoms with Crippen molar-refractivity contribution in [3.8, 4) is 0 Å². The number of benzene rings is 2. The number of carbonyl (C=O) groups is 4. The zero-order chi connectivity index (χ0) is 28.2. The third-order valence-corrected chi connectivity index (χ3v) is 6.12. The number of amides is 3. The van der Waals surface area contributed by atoms with Crippen LogP contribution in [0, 0.1) is 11.8 Å². The largest absolute Gasteiger partial charge is 0.480 e. The van der Waals surface area contributed by atoms with E-state index in [-0.39, 0.29) is 18.3 Å². The molecule has 0 aliphatic heterocycles. The maximum atomic E-state index is 13.2. The SMILES string of the molecule is CC(C)CC(NC(=O)C(NC(=O)C(N)Cc1ccccc1)C(C)C)C(=O)NC(Cc1ccccc1)C(=O)O. The van der Waals surface area contributed by atoms with Crippen molar-refractivity contribution in [1.29, 1.82) is 0 Å². The molecule has 0 spiro atoms.